The highest BCUT2D eigenvalue weighted by atomic mass is 19.1. The lowest BCUT2D eigenvalue weighted by atomic mass is 10.1. The first kappa shape index (κ1) is 27.4. The third-order valence-corrected chi connectivity index (χ3v) is 6.82. The zero-order valence-corrected chi connectivity index (χ0v) is 22.2. The summed E-state index contributed by atoms with van der Waals surface area (Å²) in [5.41, 5.74) is 3.29. The van der Waals surface area contributed by atoms with Crippen LogP contribution in [0.3, 0.4) is 0 Å². The molecule has 1 N–H and O–H groups in total. The highest BCUT2D eigenvalue weighted by molar-refractivity contribution is 5.70. The summed E-state index contributed by atoms with van der Waals surface area (Å²) in [6.45, 7) is 10.6. The largest absolute Gasteiger partial charge is 0.488 e. The minimum atomic E-state index is -0.870. The van der Waals surface area contributed by atoms with Gasteiger partial charge in [-0.1, -0.05) is 13.5 Å². The maximum atomic E-state index is 14.3. The van der Waals surface area contributed by atoms with Crippen molar-refractivity contribution < 1.29 is 18.3 Å². The molecule has 38 heavy (non-hydrogen) atoms. The van der Waals surface area contributed by atoms with E-state index in [2.05, 4.69) is 21.4 Å². The Hall–Kier alpha value is -3.60. The number of amides is 1. The molecule has 0 radical (unpaired) electrons. The Morgan fingerprint density at radius 1 is 1.32 bits per heavy atom. The van der Waals surface area contributed by atoms with E-state index in [-0.39, 0.29) is 11.9 Å². The van der Waals surface area contributed by atoms with Crippen LogP contribution in [0, 0.1) is 0 Å². The topological polar surface area (TPSA) is 88.4 Å². The normalized spacial score (nSPS) is 16.5. The summed E-state index contributed by atoms with van der Waals surface area (Å²) in [6.07, 6.45) is 6.45. The third kappa shape index (κ3) is 6.09. The maximum Gasteiger partial charge on any atom is 0.210 e. The van der Waals surface area contributed by atoms with Crippen molar-refractivity contribution in [3.05, 3.63) is 59.6 Å². The summed E-state index contributed by atoms with van der Waals surface area (Å²) in [7, 11) is 1.95. The van der Waals surface area contributed by atoms with Gasteiger partial charge in [-0.2, -0.15) is 0 Å². The van der Waals surface area contributed by atoms with Gasteiger partial charge in [-0.15, -0.1) is 0 Å². The molecule has 11 heteroatoms. The van der Waals surface area contributed by atoms with Crippen molar-refractivity contribution in [1.29, 1.82) is 0 Å². The van der Waals surface area contributed by atoms with Crippen molar-refractivity contribution in [3.63, 3.8) is 0 Å². The third-order valence-electron chi connectivity index (χ3n) is 6.82. The first-order valence-corrected chi connectivity index (χ1v) is 12.9. The van der Waals surface area contributed by atoms with E-state index in [1.54, 1.807) is 11.8 Å². The number of imidazole rings is 1. The molecule has 1 amide bonds. The summed E-state index contributed by atoms with van der Waals surface area (Å²) < 4.78 is 35.5. The fourth-order valence-corrected chi connectivity index (χ4v) is 4.70. The van der Waals surface area contributed by atoms with Crippen LogP contribution in [0.15, 0.2) is 42.3 Å². The number of fused-ring (bicyclic) bond motifs is 2. The number of nitrogens with one attached hydrogen (secondary N) is 1. The van der Waals surface area contributed by atoms with Gasteiger partial charge >= 0.3 is 0 Å². The summed E-state index contributed by atoms with van der Waals surface area (Å²) >= 11 is 0. The highest BCUT2D eigenvalue weighted by Crippen LogP contribution is 2.32. The van der Waals surface area contributed by atoms with Crippen LogP contribution in [0.2, 0.25) is 0 Å². The Morgan fingerprint density at radius 2 is 2.13 bits per heavy atom. The zero-order valence-electron chi connectivity index (χ0n) is 22.2. The average Bonchev–Trinajstić information content (AvgIpc) is 3.35. The van der Waals surface area contributed by atoms with Gasteiger partial charge in [-0.25, -0.2) is 23.7 Å². The van der Waals surface area contributed by atoms with Crippen LogP contribution in [-0.4, -0.2) is 63.6 Å². The van der Waals surface area contributed by atoms with Gasteiger partial charge in [0.05, 0.1) is 36.4 Å². The van der Waals surface area contributed by atoms with Gasteiger partial charge in [0.25, 0.3) is 0 Å². The second kappa shape index (κ2) is 12.3. The first-order chi connectivity index (χ1) is 18.3. The molecule has 0 aliphatic carbocycles. The average molecular weight is 528 g/mol. The Labute approximate surface area is 221 Å². The summed E-state index contributed by atoms with van der Waals surface area (Å²) in [6, 6.07) is 0. The van der Waals surface area contributed by atoms with Gasteiger partial charge in [0.15, 0.2) is 17.4 Å². The van der Waals surface area contributed by atoms with Crippen LogP contribution in [0.25, 0.3) is 11.4 Å². The standard InChI is InChI=1S/C27H35F2N7O2/c1-5-19(38-24(6-2)20(29)13-18(3)28)7-10-34(4)27-26(23-14-31-25-15-30-9-12-36(23)25)32-22-16-35(17-37)11-8-21(22)33-27/h6,13-14,17,19,30H,3,5,7-12,15-16H2,1-2,4H3/b20-13+,24-6+. The predicted molar refractivity (Wildman–Crippen MR) is 141 cm³/mol. The van der Waals surface area contributed by atoms with Gasteiger partial charge in [-0.3, -0.25) is 4.79 Å². The predicted octanol–water partition coefficient (Wildman–Crippen LogP) is 3.82. The first-order valence-electron chi connectivity index (χ1n) is 12.9. The number of carbonyl (C=O) groups is 1. The van der Waals surface area contributed by atoms with Crippen LogP contribution >= 0.6 is 0 Å². The molecule has 2 aliphatic rings. The van der Waals surface area contributed by atoms with Crippen molar-refractivity contribution >= 4 is 12.2 Å². The highest BCUT2D eigenvalue weighted by Gasteiger charge is 2.26. The van der Waals surface area contributed by atoms with Gasteiger partial charge in [0, 0.05) is 52.1 Å². The second-order valence-corrected chi connectivity index (χ2v) is 9.45. The molecule has 0 saturated carbocycles. The molecule has 0 saturated heterocycles. The van der Waals surface area contributed by atoms with Crippen molar-refractivity contribution in [2.75, 3.05) is 31.6 Å². The van der Waals surface area contributed by atoms with Crippen molar-refractivity contribution in [2.24, 2.45) is 0 Å². The minimum absolute atomic E-state index is 0.00760. The van der Waals surface area contributed by atoms with Crippen LogP contribution < -0.4 is 10.2 Å². The van der Waals surface area contributed by atoms with Gasteiger partial charge in [-0.05, 0) is 19.4 Å². The molecular formula is C27H35F2N7O2. The molecule has 1 atom stereocenters. The van der Waals surface area contributed by atoms with Crippen molar-refractivity contribution in [3.8, 4) is 11.4 Å². The van der Waals surface area contributed by atoms with E-state index in [1.807, 2.05) is 25.1 Å². The number of hydrogen-bond acceptors (Lipinski definition) is 7. The molecule has 0 fully saturated rings. The van der Waals surface area contributed by atoms with Crippen molar-refractivity contribution in [2.45, 2.75) is 58.8 Å². The second-order valence-electron chi connectivity index (χ2n) is 9.45. The number of nitrogens with zero attached hydrogens (tertiary/aromatic N) is 6. The van der Waals surface area contributed by atoms with E-state index in [9.17, 15) is 13.6 Å². The number of carbonyl (C=O) groups excluding carboxylic acids is 1. The summed E-state index contributed by atoms with van der Waals surface area (Å²) in [5.74, 6) is 0.000339. The van der Waals surface area contributed by atoms with Gasteiger partial charge in [0.1, 0.15) is 23.4 Å². The Balaban J connectivity index is 1.60. The van der Waals surface area contributed by atoms with Crippen molar-refractivity contribution in [1.82, 2.24) is 29.7 Å². The fourth-order valence-electron chi connectivity index (χ4n) is 4.70. The van der Waals surface area contributed by atoms with Crippen LogP contribution in [0.1, 0.15) is 43.9 Å². The smallest absolute Gasteiger partial charge is 0.210 e. The molecule has 204 valence electrons. The molecule has 2 aromatic heterocycles. The number of anilines is 1. The minimum Gasteiger partial charge on any atom is -0.488 e. The number of halogens is 2. The number of hydrogen-bond donors (Lipinski definition) is 1. The van der Waals surface area contributed by atoms with Crippen LogP contribution in [0.5, 0.6) is 0 Å². The van der Waals surface area contributed by atoms with Gasteiger partial charge in [0.2, 0.25) is 6.41 Å². The molecule has 9 nitrogen and oxygen atoms in total. The lowest BCUT2D eigenvalue weighted by Crippen LogP contribution is -2.33. The molecule has 2 aromatic rings. The van der Waals surface area contributed by atoms with E-state index in [4.69, 9.17) is 14.7 Å². The Bertz CT molecular complexity index is 1240. The van der Waals surface area contributed by atoms with Gasteiger partial charge < -0.3 is 24.4 Å². The molecular weight excluding hydrogens is 492 g/mol. The van der Waals surface area contributed by atoms with Crippen LogP contribution in [-0.2, 0) is 35.6 Å². The van der Waals surface area contributed by atoms with E-state index < -0.39 is 11.7 Å². The Morgan fingerprint density at radius 3 is 2.84 bits per heavy atom. The number of ether oxygens (including phenoxy) is 1. The molecule has 0 aromatic carbocycles. The lowest BCUT2D eigenvalue weighted by molar-refractivity contribution is -0.119. The quantitative estimate of drug-likeness (QED) is 0.270. The number of aromatic nitrogens is 4. The lowest BCUT2D eigenvalue weighted by Gasteiger charge is -2.29. The fraction of sp³-hybridized carbons (Fsp3) is 0.481. The molecule has 1 unspecified atom stereocenters. The summed E-state index contributed by atoms with van der Waals surface area (Å²) in [4.78, 5) is 29.8. The molecule has 4 rings (SSSR count). The molecule has 2 aliphatic heterocycles. The Kier molecular flexibility index (Phi) is 8.88. The van der Waals surface area contributed by atoms with E-state index >= 15 is 0 Å². The zero-order chi connectivity index (χ0) is 27.2. The molecule has 0 bridgehead atoms. The number of rotatable bonds is 11. The maximum absolute atomic E-state index is 14.3. The molecule has 4 heterocycles. The number of allylic oxidation sites excluding steroid dienone is 4. The van der Waals surface area contributed by atoms with Crippen LogP contribution in [0.4, 0.5) is 14.6 Å². The molecule has 0 spiro atoms. The SMILES string of the molecule is C=C(F)/C=C(F)\C(=C/C)OC(CC)CCN(C)c1nc2c(nc1-c1cnc3n1CCNC3)CN(C=O)CC2. The summed E-state index contributed by atoms with van der Waals surface area (Å²) in [5, 5.41) is 3.33. The van der Waals surface area contributed by atoms with E-state index in [1.165, 1.54) is 6.08 Å². The van der Waals surface area contributed by atoms with E-state index in [0.29, 0.717) is 45.4 Å². The monoisotopic (exact) mass is 527 g/mol. The van der Waals surface area contributed by atoms with E-state index in [0.717, 1.165) is 60.0 Å².